The third kappa shape index (κ3) is 2.03. The highest BCUT2D eigenvalue weighted by molar-refractivity contribution is 6.09. The van der Waals surface area contributed by atoms with E-state index >= 15 is 0 Å². The Labute approximate surface area is 109 Å². The summed E-state index contributed by atoms with van der Waals surface area (Å²) in [5, 5.41) is 0.594. The molecule has 0 radical (unpaired) electrons. The Morgan fingerprint density at radius 2 is 1.89 bits per heavy atom. The predicted molar refractivity (Wildman–Crippen MR) is 70.8 cm³/mol. The lowest BCUT2D eigenvalue weighted by Crippen LogP contribution is -2.01. The van der Waals surface area contributed by atoms with Crippen molar-refractivity contribution in [2.75, 3.05) is 0 Å². The van der Waals surface area contributed by atoms with E-state index in [2.05, 4.69) is 0 Å². The lowest BCUT2D eigenvalue weighted by molar-refractivity contribution is 0.101. The van der Waals surface area contributed by atoms with Crippen LogP contribution in [0.15, 0.2) is 52.9 Å². The average Bonchev–Trinajstić information content (AvgIpc) is 2.81. The smallest absolute Gasteiger partial charge is 0.228 e. The second-order valence-corrected chi connectivity index (χ2v) is 4.44. The van der Waals surface area contributed by atoms with Crippen LogP contribution in [0.25, 0.3) is 11.0 Å². The first kappa shape index (κ1) is 11.7. The summed E-state index contributed by atoms with van der Waals surface area (Å²) in [5.74, 6) is -0.298. The molecule has 94 valence electrons. The maximum atomic E-state index is 13.1. The second-order valence-electron chi connectivity index (χ2n) is 4.44. The van der Waals surface area contributed by atoms with Crippen LogP contribution in [0.4, 0.5) is 4.39 Å². The van der Waals surface area contributed by atoms with E-state index in [1.54, 1.807) is 12.1 Å². The highest BCUT2D eigenvalue weighted by Gasteiger charge is 2.16. The molecule has 3 heteroatoms. The van der Waals surface area contributed by atoms with Gasteiger partial charge in [-0.3, -0.25) is 4.79 Å². The first-order valence-electron chi connectivity index (χ1n) is 5.94. The van der Waals surface area contributed by atoms with Crippen LogP contribution in [0, 0.1) is 12.7 Å². The number of halogens is 1. The predicted octanol–water partition coefficient (Wildman–Crippen LogP) is 4.11. The zero-order valence-electron chi connectivity index (χ0n) is 10.3. The standard InChI is InChI=1S/C16H11FO2/c1-10-4-2-3-5-13(10)16(18)15-9-11-8-12(17)6-7-14(11)19-15/h2-9H,1H3. The summed E-state index contributed by atoms with van der Waals surface area (Å²) in [5.41, 5.74) is 2.00. The fraction of sp³-hybridized carbons (Fsp3) is 0.0625. The zero-order valence-corrected chi connectivity index (χ0v) is 10.3. The van der Waals surface area contributed by atoms with Gasteiger partial charge in [0, 0.05) is 10.9 Å². The van der Waals surface area contributed by atoms with Gasteiger partial charge in [0.2, 0.25) is 5.78 Å². The van der Waals surface area contributed by atoms with Crippen LogP contribution in [-0.4, -0.2) is 5.78 Å². The summed E-state index contributed by atoms with van der Waals surface area (Å²) in [6.45, 7) is 1.87. The van der Waals surface area contributed by atoms with Crippen molar-refractivity contribution in [2.24, 2.45) is 0 Å². The van der Waals surface area contributed by atoms with Crippen molar-refractivity contribution in [1.82, 2.24) is 0 Å². The van der Waals surface area contributed by atoms with E-state index in [4.69, 9.17) is 4.42 Å². The molecule has 0 bridgehead atoms. The van der Waals surface area contributed by atoms with Crippen molar-refractivity contribution < 1.29 is 13.6 Å². The summed E-state index contributed by atoms with van der Waals surface area (Å²) >= 11 is 0. The van der Waals surface area contributed by atoms with Crippen molar-refractivity contribution in [3.63, 3.8) is 0 Å². The molecule has 2 nitrogen and oxygen atoms in total. The Hall–Kier alpha value is -2.42. The first-order valence-corrected chi connectivity index (χ1v) is 5.94. The second kappa shape index (κ2) is 4.35. The number of hydrogen-bond donors (Lipinski definition) is 0. The highest BCUT2D eigenvalue weighted by Crippen LogP contribution is 2.23. The molecule has 3 aromatic rings. The minimum Gasteiger partial charge on any atom is -0.453 e. The van der Waals surface area contributed by atoms with E-state index in [0.29, 0.717) is 16.5 Å². The van der Waals surface area contributed by atoms with Gasteiger partial charge in [0.05, 0.1) is 0 Å². The van der Waals surface area contributed by atoms with Gasteiger partial charge in [0.15, 0.2) is 5.76 Å². The van der Waals surface area contributed by atoms with Gasteiger partial charge >= 0.3 is 0 Å². The molecule has 1 aromatic heterocycles. The van der Waals surface area contributed by atoms with Gasteiger partial charge in [-0.1, -0.05) is 24.3 Å². The summed E-state index contributed by atoms with van der Waals surface area (Å²) in [6.07, 6.45) is 0. The third-order valence-electron chi connectivity index (χ3n) is 3.09. The van der Waals surface area contributed by atoms with Crippen molar-refractivity contribution >= 4 is 16.8 Å². The first-order chi connectivity index (χ1) is 9.15. The monoisotopic (exact) mass is 254 g/mol. The molecule has 1 heterocycles. The van der Waals surface area contributed by atoms with E-state index in [1.165, 1.54) is 18.2 Å². The maximum Gasteiger partial charge on any atom is 0.228 e. The van der Waals surface area contributed by atoms with E-state index in [9.17, 15) is 9.18 Å². The number of rotatable bonds is 2. The molecule has 0 N–H and O–H groups in total. The number of hydrogen-bond acceptors (Lipinski definition) is 2. The highest BCUT2D eigenvalue weighted by atomic mass is 19.1. The normalized spacial score (nSPS) is 10.8. The van der Waals surface area contributed by atoms with E-state index in [0.717, 1.165) is 5.56 Å². The van der Waals surface area contributed by atoms with Gasteiger partial charge in [-0.05, 0) is 36.8 Å². The Bertz CT molecular complexity index is 771. The van der Waals surface area contributed by atoms with Gasteiger partial charge in [-0.25, -0.2) is 4.39 Å². The lowest BCUT2D eigenvalue weighted by Gasteiger charge is -2.01. The van der Waals surface area contributed by atoms with E-state index in [-0.39, 0.29) is 17.4 Å². The molecule has 0 saturated carbocycles. The van der Waals surface area contributed by atoms with Crippen LogP contribution in [-0.2, 0) is 0 Å². The van der Waals surface area contributed by atoms with Crippen LogP contribution in [0.5, 0.6) is 0 Å². The number of ketones is 1. The minimum absolute atomic E-state index is 0.185. The number of fused-ring (bicyclic) bond motifs is 1. The van der Waals surface area contributed by atoms with Crippen LogP contribution in [0.2, 0.25) is 0 Å². The molecule has 0 spiro atoms. The molecule has 0 atom stereocenters. The van der Waals surface area contributed by atoms with Crippen molar-refractivity contribution in [3.8, 4) is 0 Å². The molecule has 0 aliphatic carbocycles. The Morgan fingerprint density at radius 3 is 2.68 bits per heavy atom. The molecule has 0 fully saturated rings. The lowest BCUT2D eigenvalue weighted by atomic mass is 10.0. The van der Waals surface area contributed by atoms with Gasteiger partial charge in [-0.2, -0.15) is 0 Å². The Balaban J connectivity index is 2.09. The maximum absolute atomic E-state index is 13.1. The third-order valence-corrected chi connectivity index (χ3v) is 3.09. The summed E-state index contributed by atoms with van der Waals surface area (Å²) in [4.78, 5) is 12.3. The van der Waals surface area contributed by atoms with E-state index in [1.807, 2.05) is 25.1 Å². The summed E-state index contributed by atoms with van der Waals surface area (Å²) in [6, 6.07) is 13.1. The van der Waals surface area contributed by atoms with Gasteiger partial charge in [0.1, 0.15) is 11.4 Å². The molecule has 0 amide bonds. The molecule has 0 aliphatic heterocycles. The summed E-state index contributed by atoms with van der Waals surface area (Å²) < 4.78 is 18.6. The fourth-order valence-corrected chi connectivity index (χ4v) is 2.09. The number of furan rings is 1. The van der Waals surface area contributed by atoms with Crippen molar-refractivity contribution in [2.45, 2.75) is 6.92 Å². The van der Waals surface area contributed by atoms with Crippen LogP contribution in [0.3, 0.4) is 0 Å². The molecule has 2 aromatic carbocycles. The topological polar surface area (TPSA) is 30.2 Å². The van der Waals surface area contributed by atoms with Gasteiger partial charge in [0.25, 0.3) is 0 Å². The van der Waals surface area contributed by atoms with E-state index < -0.39 is 0 Å². The zero-order chi connectivity index (χ0) is 13.4. The number of carbonyl (C=O) groups is 1. The molecule has 0 aliphatic rings. The molecule has 0 unspecified atom stereocenters. The Morgan fingerprint density at radius 1 is 1.11 bits per heavy atom. The molecular weight excluding hydrogens is 243 g/mol. The molecular formula is C16H11FO2. The minimum atomic E-state index is -0.344. The average molecular weight is 254 g/mol. The number of aryl methyl sites for hydroxylation is 1. The van der Waals surface area contributed by atoms with Crippen LogP contribution >= 0.6 is 0 Å². The number of carbonyl (C=O) groups excluding carboxylic acids is 1. The summed E-state index contributed by atoms with van der Waals surface area (Å²) in [7, 11) is 0. The van der Waals surface area contributed by atoms with Gasteiger partial charge in [-0.15, -0.1) is 0 Å². The fourth-order valence-electron chi connectivity index (χ4n) is 2.09. The Kier molecular flexibility index (Phi) is 2.67. The van der Waals surface area contributed by atoms with Crippen molar-refractivity contribution in [3.05, 3.63) is 71.2 Å². The molecule has 3 rings (SSSR count). The molecule has 0 saturated heterocycles. The van der Waals surface area contributed by atoms with Crippen LogP contribution < -0.4 is 0 Å². The quantitative estimate of drug-likeness (QED) is 0.644. The SMILES string of the molecule is Cc1ccccc1C(=O)c1cc2cc(F)ccc2o1. The van der Waals surface area contributed by atoms with Gasteiger partial charge < -0.3 is 4.42 Å². The largest absolute Gasteiger partial charge is 0.453 e. The number of benzene rings is 2. The van der Waals surface area contributed by atoms with Crippen molar-refractivity contribution in [1.29, 1.82) is 0 Å². The molecule has 19 heavy (non-hydrogen) atoms. The van der Waals surface area contributed by atoms with Crippen LogP contribution in [0.1, 0.15) is 21.7 Å².